The zero-order chi connectivity index (χ0) is 26.0. The SMILES string of the molecule is CCN(CC)CCOc1ccc2cc1CN(C)C/C=C/CCOc1cccc(c1)-c1nc(ncc1C)N2. The molecule has 0 unspecified atom stereocenters. The molecule has 0 aliphatic carbocycles. The van der Waals surface area contributed by atoms with Gasteiger partial charge in [-0.05, 0) is 69.4 Å². The van der Waals surface area contributed by atoms with Gasteiger partial charge in [0.25, 0.3) is 0 Å². The van der Waals surface area contributed by atoms with Crippen molar-refractivity contribution in [3.8, 4) is 22.8 Å². The third-order valence-corrected chi connectivity index (χ3v) is 6.53. The Bertz CT molecular complexity index is 1190. The van der Waals surface area contributed by atoms with E-state index in [1.54, 1.807) is 0 Å². The van der Waals surface area contributed by atoms with Gasteiger partial charge >= 0.3 is 0 Å². The highest BCUT2D eigenvalue weighted by molar-refractivity contribution is 5.67. The predicted molar refractivity (Wildman–Crippen MR) is 151 cm³/mol. The van der Waals surface area contributed by atoms with Gasteiger partial charge in [0.2, 0.25) is 5.95 Å². The molecule has 0 spiro atoms. The van der Waals surface area contributed by atoms with Crippen LogP contribution in [-0.2, 0) is 6.54 Å². The number of aryl methyl sites for hydroxylation is 1. The summed E-state index contributed by atoms with van der Waals surface area (Å²) in [5.74, 6) is 2.32. The first-order valence-corrected chi connectivity index (χ1v) is 13.2. The zero-order valence-corrected chi connectivity index (χ0v) is 22.5. The lowest BCUT2D eigenvalue weighted by Gasteiger charge is -2.21. The van der Waals surface area contributed by atoms with Crippen LogP contribution in [0.3, 0.4) is 0 Å². The van der Waals surface area contributed by atoms with Crippen LogP contribution in [0.2, 0.25) is 0 Å². The number of anilines is 2. The second kappa shape index (κ2) is 13.2. The fraction of sp³-hybridized carbons (Fsp3) is 0.400. The fourth-order valence-corrected chi connectivity index (χ4v) is 4.38. The Morgan fingerprint density at radius 2 is 1.97 bits per heavy atom. The molecule has 0 amide bonds. The molecule has 0 atom stereocenters. The number of fused-ring (bicyclic) bond motifs is 7. The van der Waals surface area contributed by atoms with Crippen LogP contribution in [0.5, 0.6) is 11.5 Å². The quantitative estimate of drug-likeness (QED) is 0.436. The highest BCUT2D eigenvalue weighted by Gasteiger charge is 2.12. The topological polar surface area (TPSA) is 62.8 Å². The van der Waals surface area contributed by atoms with E-state index < -0.39 is 0 Å². The number of hydrogen-bond donors (Lipinski definition) is 1. The fourth-order valence-electron chi connectivity index (χ4n) is 4.38. The smallest absolute Gasteiger partial charge is 0.227 e. The Morgan fingerprint density at radius 1 is 1.11 bits per heavy atom. The molecule has 37 heavy (non-hydrogen) atoms. The standard InChI is InChI=1S/C30H39N5O2/c1-5-35(6-2)16-18-37-28-14-13-26-19-25(28)22-34(4)15-8-7-9-17-36-27-12-10-11-24(20-27)29-23(3)21-31-30(32-26)33-29/h7-8,10-14,19-21H,5-6,9,15-18,22H2,1-4H3,(H,31,32,33)/b8-7+. The van der Waals surface area contributed by atoms with Crippen molar-refractivity contribution in [2.45, 2.75) is 33.7 Å². The Morgan fingerprint density at radius 3 is 2.81 bits per heavy atom. The first-order chi connectivity index (χ1) is 18.1. The van der Waals surface area contributed by atoms with Crippen molar-refractivity contribution in [2.75, 3.05) is 51.8 Å². The molecule has 0 fully saturated rings. The minimum absolute atomic E-state index is 0.561. The van der Waals surface area contributed by atoms with Crippen LogP contribution >= 0.6 is 0 Å². The van der Waals surface area contributed by atoms with E-state index in [1.165, 1.54) is 0 Å². The first kappa shape index (κ1) is 26.6. The van der Waals surface area contributed by atoms with Gasteiger partial charge in [-0.1, -0.05) is 38.1 Å². The summed E-state index contributed by atoms with van der Waals surface area (Å²) in [6, 6.07) is 14.3. The highest BCUT2D eigenvalue weighted by Crippen LogP contribution is 2.29. The molecule has 0 radical (unpaired) electrons. The van der Waals surface area contributed by atoms with Gasteiger partial charge in [-0.2, -0.15) is 0 Å². The van der Waals surface area contributed by atoms with E-state index in [1.807, 2.05) is 37.4 Å². The van der Waals surface area contributed by atoms with Crippen molar-refractivity contribution in [1.82, 2.24) is 19.8 Å². The third kappa shape index (κ3) is 7.54. The molecule has 0 saturated carbocycles. The molecule has 1 aliphatic heterocycles. The van der Waals surface area contributed by atoms with Crippen molar-refractivity contribution in [3.05, 3.63) is 71.9 Å². The minimum atomic E-state index is 0.561. The Hall–Kier alpha value is -3.42. The van der Waals surface area contributed by atoms with Crippen LogP contribution in [0, 0.1) is 6.92 Å². The molecular formula is C30H39N5O2. The van der Waals surface area contributed by atoms with Crippen molar-refractivity contribution in [1.29, 1.82) is 0 Å². The summed E-state index contributed by atoms with van der Waals surface area (Å²) in [4.78, 5) is 14.0. The van der Waals surface area contributed by atoms with Gasteiger partial charge in [0, 0.05) is 42.6 Å². The van der Waals surface area contributed by atoms with E-state index in [-0.39, 0.29) is 0 Å². The van der Waals surface area contributed by atoms with Gasteiger partial charge in [0.1, 0.15) is 18.1 Å². The van der Waals surface area contributed by atoms with Gasteiger partial charge in [-0.25, -0.2) is 9.97 Å². The summed E-state index contributed by atoms with van der Waals surface area (Å²) in [6.45, 7) is 12.3. The lowest BCUT2D eigenvalue weighted by Crippen LogP contribution is -2.28. The van der Waals surface area contributed by atoms with Crippen molar-refractivity contribution < 1.29 is 9.47 Å². The predicted octanol–water partition coefficient (Wildman–Crippen LogP) is 5.69. The molecule has 0 saturated heterocycles. The Labute approximate surface area is 221 Å². The molecule has 196 valence electrons. The highest BCUT2D eigenvalue weighted by atomic mass is 16.5. The van der Waals surface area contributed by atoms with Gasteiger partial charge in [-0.15, -0.1) is 0 Å². The summed E-state index contributed by atoms with van der Waals surface area (Å²) >= 11 is 0. The Kier molecular flexibility index (Phi) is 9.52. The monoisotopic (exact) mass is 501 g/mol. The lowest BCUT2D eigenvalue weighted by molar-refractivity contribution is 0.220. The number of benzene rings is 2. The Balaban J connectivity index is 1.63. The van der Waals surface area contributed by atoms with Crippen LogP contribution < -0.4 is 14.8 Å². The number of ether oxygens (including phenoxy) is 2. The molecule has 1 aliphatic rings. The van der Waals surface area contributed by atoms with Crippen molar-refractivity contribution in [2.24, 2.45) is 0 Å². The van der Waals surface area contributed by atoms with Gasteiger partial charge in [-0.3, -0.25) is 4.90 Å². The summed E-state index contributed by atoms with van der Waals surface area (Å²) in [6.07, 6.45) is 7.10. The summed E-state index contributed by atoms with van der Waals surface area (Å²) in [5.41, 5.74) is 4.98. The van der Waals surface area contributed by atoms with Gasteiger partial charge in [0.15, 0.2) is 0 Å². The largest absolute Gasteiger partial charge is 0.493 e. The average molecular weight is 502 g/mol. The minimum Gasteiger partial charge on any atom is -0.493 e. The van der Waals surface area contributed by atoms with E-state index in [2.05, 4.69) is 71.3 Å². The number of nitrogens with zero attached hydrogens (tertiary/aromatic N) is 4. The molecule has 2 aromatic carbocycles. The molecule has 1 N–H and O–H groups in total. The van der Waals surface area contributed by atoms with Gasteiger partial charge in [0.05, 0.1) is 12.3 Å². The van der Waals surface area contributed by atoms with E-state index in [0.29, 0.717) is 19.2 Å². The molecule has 2 heterocycles. The van der Waals surface area contributed by atoms with Crippen LogP contribution in [-0.4, -0.2) is 66.2 Å². The van der Waals surface area contributed by atoms with E-state index in [0.717, 1.165) is 78.7 Å². The molecule has 6 bridgehead atoms. The summed E-state index contributed by atoms with van der Waals surface area (Å²) < 4.78 is 12.3. The molecule has 1 aromatic heterocycles. The van der Waals surface area contributed by atoms with Crippen LogP contribution in [0.15, 0.2) is 60.8 Å². The number of rotatable bonds is 6. The summed E-state index contributed by atoms with van der Waals surface area (Å²) in [5, 5.41) is 3.41. The molecule has 3 aromatic rings. The molecule has 7 nitrogen and oxygen atoms in total. The van der Waals surface area contributed by atoms with Crippen LogP contribution in [0.25, 0.3) is 11.3 Å². The maximum atomic E-state index is 6.26. The van der Waals surface area contributed by atoms with E-state index in [9.17, 15) is 0 Å². The number of likely N-dealkylation sites (N-methyl/N-ethyl adjacent to an activating group) is 2. The van der Waals surface area contributed by atoms with Crippen molar-refractivity contribution >= 4 is 11.6 Å². The number of aromatic nitrogens is 2. The van der Waals surface area contributed by atoms with Crippen LogP contribution in [0.1, 0.15) is 31.4 Å². The van der Waals surface area contributed by atoms with Crippen LogP contribution in [0.4, 0.5) is 11.6 Å². The number of hydrogen-bond acceptors (Lipinski definition) is 7. The second-order valence-corrected chi connectivity index (χ2v) is 9.38. The third-order valence-electron chi connectivity index (χ3n) is 6.53. The summed E-state index contributed by atoms with van der Waals surface area (Å²) in [7, 11) is 2.12. The average Bonchev–Trinajstić information content (AvgIpc) is 2.90. The lowest BCUT2D eigenvalue weighted by atomic mass is 10.1. The zero-order valence-electron chi connectivity index (χ0n) is 22.5. The first-order valence-electron chi connectivity index (χ1n) is 13.2. The molecule has 4 rings (SSSR count). The molecule has 7 heteroatoms. The van der Waals surface area contributed by atoms with E-state index >= 15 is 0 Å². The van der Waals surface area contributed by atoms with Gasteiger partial charge < -0.3 is 19.7 Å². The maximum absolute atomic E-state index is 6.26. The number of nitrogens with one attached hydrogen (secondary N) is 1. The second-order valence-electron chi connectivity index (χ2n) is 9.38. The van der Waals surface area contributed by atoms with Crippen molar-refractivity contribution in [3.63, 3.8) is 0 Å². The normalized spacial score (nSPS) is 15.3. The van der Waals surface area contributed by atoms with E-state index in [4.69, 9.17) is 14.5 Å². The maximum Gasteiger partial charge on any atom is 0.227 e. The molecular weight excluding hydrogens is 462 g/mol.